The molecule has 0 amide bonds. The predicted octanol–water partition coefficient (Wildman–Crippen LogP) is -2.24. The third-order valence-electron chi connectivity index (χ3n) is 2.64. The van der Waals surface area contributed by atoms with Gasteiger partial charge in [0.1, 0.15) is 18.3 Å². The van der Waals surface area contributed by atoms with Crippen molar-refractivity contribution in [3.05, 3.63) is 0 Å². The Morgan fingerprint density at radius 1 is 1.16 bits per heavy atom. The number of aliphatic hydroxyl groups is 3. The predicted molar refractivity (Wildman–Crippen MR) is 57.1 cm³/mol. The van der Waals surface area contributed by atoms with Crippen LogP contribution < -0.4 is 0 Å². The van der Waals surface area contributed by atoms with Gasteiger partial charge in [-0.3, -0.25) is 4.79 Å². The van der Waals surface area contributed by atoms with Gasteiger partial charge >= 0.3 is 11.9 Å². The zero-order chi connectivity index (χ0) is 14.7. The molecule has 0 aromatic carbocycles. The summed E-state index contributed by atoms with van der Waals surface area (Å²) >= 11 is 0. The van der Waals surface area contributed by atoms with E-state index in [0.717, 1.165) is 0 Å². The van der Waals surface area contributed by atoms with Crippen LogP contribution in [0.5, 0.6) is 0 Å². The van der Waals surface area contributed by atoms with Crippen LogP contribution in [-0.2, 0) is 19.1 Å². The highest BCUT2D eigenvalue weighted by Gasteiger charge is 2.47. The number of carboxylic acid groups (broad SMARTS) is 2. The van der Waals surface area contributed by atoms with Crippen LogP contribution in [0.25, 0.3) is 0 Å². The molecule has 0 radical (unpaired) electrons. The number of ether oxygens (including phenoxy) is 2. The molecule has 6 atom stereocenters. The van der Waals surface area contributed by atoms with Crippen molar-refractivity contribution in [3.8, 4) is 0 Å². The topological polar surface area (TPSA) is 154 Å². The molecule has 9 nitrogen and oxygen atoms in total. The Bertz CT molecular complexity index is 344. The van der Waals surface area contributed by atoms with E-state index in [-0.39, 0.29) is 6.42 Å². The molecule has 9 heteroatoms. The highest BCUT2D eigenvalue weighted by molar-refractivity contribution is 5.73. The molecule has 0 spiro atoms. The molecule has 0 aliphatic carbocycles. The van der Waals surface area contributed by atoms with Crippen LogP contribution in [0.4, 0.5) is 0 Å². The van der Waals surface area contributed by atoms with Crippen LogP contribution in [0.3, 0.4) is 0 Å². The maximum Gasteiger partial charge on any atom is 0.335 e. The minimum Gasteiger partial charge on any atom is -0.481 e. The van der Waals surface area contributed by atoms with Gasteiger partial charge in [0.2, 0.25) is 0 Å². The molecule has 1 aliphatic rings. The van der Waals surface area contributed by atoms with Crippen molar-refractivity contribution in [3.63, 3.8) is 0 Å². The Labute approximate surface area is 108 Å². The van der Waals surface area contributed by atoms with E-state index in [9.17, 15) is 24.9 Å². The van der Waals surface area contributed by atoms with Gasteiger partial charge in [-0.2, -0.15) is 0 Å². The van der Waals surface area contributed by atoms with Gasteiger partial charge in [-0.15, -0.1) is 0 Å². The third kappa shape index (κ3) is 3.85. The van der Waals surface area contributed by atoms with Gasteiger partial charge in [-0.25, -0.2) is 4.79 Å². The molecule has 1 fully saturated rings. The van der Waals surface area contributed by atoms with Crippen molar-refractivity contribution in [1.82, 2.24) is 0 Å². The minimum absolute atomic E-state index is 0.386. The number of carboxylic acids is 2. The second-order valence-corrected chi connectivity index (χ2v) is 4.28. The van der Waals surface area contributed by atoms with E-state index in [1.807, 2.05) is 0 Å². The molecular formula is C10H16O9. The van der Waals surface area contributed by atoms with E-state index in [1.54, 1.807) is 0 Å². The standard InChI is InChI=1S/C10H16O9/c1-3(2-4(11)12)18-10-7(15)5(13)6(14)8(19-10)9(16)17/h3,5-8,10,13-15H,2H2,1H3,(H,11,12)(H,16,17)/t3?,5-,6+,7?,8?,10-/m0/s1. The molecule has 1 saturated heterocycles. The van der Waals surface area contributed by atoms with Gasteiger partial charge in [0.05, 0.1) is 12.5 Å². The summed E-state index contributed by atoms with van der Waals surface area (Å²) in [4.78, 5) is 21.3. The fourth-order valence-corrected chi connectivity index (χ4v) is 1.69. The van der Waals surface area contributed by atoms with Crippen LogP contribution in [0.15, 0.2) is 0 Å². The first-order valence-corrected chi connectivity index (χ1v) is 5.53. The lowest BCUT2D eigenvalue weighted by molar-refractivity contribution is -0.303. The molecule has 1 rings (SSSR count). The quantitative estimate of drug-likeness (QED) is 0.376. The second-order valence-electron chi connectivity index (χ2n) is 4.28. The Kier molecular flexibility index (Phi) is 5.20. The Morgan fingerprint density at radius 3 is 2.21 bits per heavy atom. The van der Waals surface area contributed by atoms with Gasteiger partial charge in [0, 0.05) is 0 Å². The summed E-state index contributed by atoms with van der Waals surface area (Å²) in [6.45, 7) is 1.39. The zero-order valence-electron chi connectivity index (χ0n) is 10.0. The SMILES string of the molecule is CC(CC(=O)O)O[C@H]1OC(C(=O)O)[C@H](O)[C@H](O)C1O. The van der Waals surface area contributed by atoms with Crippen molar-refractivity contribution in [2.24, 2.45) is 0 Å². The Morgan fingerprint density at radius 2 is 1.74 bits per heavy atom. The molecular weight excluding hydrogens is 264 g/mol. The van der Waals surface area contributed by atoms with Crippen molar-refractivity contribution in [1.29, 1.82) is 0 Å². The number of hydrogen-bond acceptors (Lipinski definition) is 7. The van der Waals surface area contributed by atoms with Crippen molar-refractivity contribution >= 4 is 11.9 Å². The fourth-order valence-electron chi connectivity index (χ4n) is 1.69. The Hall–Kier alpha value is -1.26. The lowest BCUT2D eigenvalue weighted by Crippen LogP contribution is -2.60. The van der Waals surface area contributed by atoms with E-state index < -0.39 is 48.7 Å². The summed E-state index contributed by atoms with van der Waals surface area (Å²) in [7, 11) is 0. The van der Waals surface area contributed by atoms with E-state index >= 15 is 0 Å². The summed E-state index contributed by atoms with van der Waals surface area (Å²) in [5, 5.41) is 45.8. The number of rotatable bonds is 5. The summed E-state index contributed by atoms with van der Waals surface area (Å²) in [5.74, 6) is -2.67. The molecule has 0 bridgehead atoms. The molecule has 1 heterocycles. The first-order valence-electron chi connectivity index (χ1n) is 5.53. The van der Waals surface area contributed by atoms with Crippen molar-refractivity contribution < 1.29 is 44.6 Å². The smallest absolute Gasteiger partial charge is 0.335 e. The number of hydrogen-bond donors (Lipinski definition) is 5. The summed E-state index contributed by atoms with van der Waals surface area (Å²) in [6.07, 6.45) is -9.80. The van der Waals surface area contributed by atoms with Crippen LogP contribution in [0.1, 0.15) is 13.3 Å². The molecule has 3 unspecified atom stereocenters. The van der Waals surface area contributed by atoms with Crippen molar-refractivity contribution in [2.45, 2.75) is 50.2 Å². The van der Waals surface area contributed by atoms with Crippen LogP contribution in [0.2, 0.25) is 0 Å². The maximum atomic E-state index is 10.8. The molecule has 0 aromatic rings. The summed E-state index contributed by atoms with van der Waals surface area (Å²) in [6, 6.07) is 0. The Balaban J connectivity index is 2.71. The summed E-state index contributed by atoms with van der Waals surface area (Å²) in [5.41, 5.74) is 0. The van der Waals surface area contributed by atoms with Crippen molar-refractivity contribution in [2.75, 3.05) is 0 Å². The third-order valence-corrected chi connectivity index (χ3v) is 2.64. The average molecular weight is 280 g/mol. The zero-order valence-corrected chi connectivity index (χ0v) is 10.0. The van der Waals surface area contributed by atoms with Gasteiger partial charge in [0.25, 0.3) is 0 Å². The normalized spacial score (nSPS) is 36.7. The second kappa shape index (κ2) is 6.26. The fraction of sp³-hybridized carbons (Fsp3) is 0.800. The van der Waals surface area contributed by atoms with Gasteiger partial charge < -0.3 is 35.0 Å². The van der Waals surface area contributed by atoms with E-state index in [0.29, 0.717) is 0 Å². The molecule has 1 aliphatic heterocycles. The van der Waals surface area contributed by atoms with E-state index in [1.165, 1.54) is 6.92 Å². The molecule has 5 N–H and O–H groups in total. The largest absolute Gasteiger partial charge is 0.481 e. The first-order chi connectivity index (χ1) is 8.73. The first kappa shape index (κ1) is 15.8. The monoisotopic (exact) mass is 280 g/mol. The van der Waals surface area contributed by atoms with Crippen LogP contribution >= 0.6 is 0 Å². The number of aliphatic hydroxyl groups excluding tert-OH is 3. The number of aliphatic carboxylic acids is 2. The van der Waals surface area contributed by atoms with Gasteiger partial charge in [-0.05, 0) is 6.92 Å². The molecule has 0 saturated carbocycles. The lowest BCUT2D eigenvalue weighted by Gasteiger charge is -2.39. The molecule has 0 aromatic heterocycles. The maximum absolute atomic E-state index is 10.8. The summed E-state index contributed by atoms with van der Waals surface area (Å²) < 4.78 is 9.85. The average Bonchev–Trinajstić information content (AvgIpc) is 2.28. The van der Waals surface area contributed by atoms with E-state index in [4.69, 9.17) is 19.7 Å². The lowest BCUT2D eigenvalue weighted by atomic mass is 9.99. The highest BCUT2D eigenvalue weighted by atomic mass is 16.7. The molecule has 19 heavy (non-hydrogen) atoms. The minimum atomic E-state index is -1.80. The number of carbonyl (C=O) groups is 2. The molecule has 110 valence electrons. The van der Waals surface area contributed by atoms with Crippen LogP contribution in [0, 0.1) is 0 Å². The van der Waals surface area contributed by atoms with Crippen LogP contribution in [-0.4, -0.2) is 74.3 Å². The highest BCUT2D eigenvalue weighted by Crippen LogP contribution is 2.23. The van der Waals surface area contributed by atoms with E-state index in [2.05, 4.69) is 0 Å². The van der Waals surface area contributed by atoms with Gasteiger partial charge in [-0.1, -0.05) is 0 Å². The van der Waals surface area contributed by atoms with Gasteiger partial charge in [0.15, 0.2) is 12.4 Å².